The molecule has 3 rings (SSSR count). The third-order valence-corrected chi connectivity index (χ3v) is 4.60. The molecule has 1 aliphatic heterocycles. The summed E-state index contributed by atoms with van der Waals surface area (Å²) in [6, 6.07) is 9.47. The van der Waals surface area contributed by atoms with Gasteiger partial charge in [0.1, 0.15) is 12.4 Å². The van der Waals surface area contributed by atoms with Gasteiger partial charge in [-0.2, -0.15) is 0 Å². The average molecular weight is 349 g/mol. The molecule has 0 spiro atoms. The van der Waals surface area contributed by atoms with Crippen LogP contribution in [0.15, 0.2) is 34.7 Å². The van der Waals surface area contributed by atoms with Gasteiger partial charge in [-0.25, -0.2) is 0 Å². The Hall–Kier alpha value is -1.98. The molecule has 2 N–H and O–H groups in total. The molecule has 128 valence electrons. The molecule has 1 aliphatic rings. The Balaban J connectivity index is 1.68. The lowest BCUT2D eigenvalue weighted by Crippen LogP contribution is -2.48. The first-order valence-electron chi connectivity index (χ1n) is 8.09. The molecule has 6 heteroatoms. The highest BCUT2D eigenvalue weighted by Gasteiger charge is 2.25. The highest BCUT2D eigenvalue weighted by atomic mass is 35.5. The Kier molecular flexibility index (Phi) is 5.11. The summed E-state index contributed by atoms with van der Waals surface area (Å²) in [5.41, 5.74) is 1.73. The lowest BCUT2D eigenvalue weighted by molar-refractivity contribution is 0.0899. The van der Waals surface area contributed by atoms with Crippen molar-refractivity contribution in [3.05, 3.63) is 52.4 Å². The first kappa shape index (κ1) is 16.9. The first-order valence-corrected chi connectivity index (χ1v) is 8.47. The van der Waals surface area contributed by atoms with Gasteiger partial charge >= 0.3 is 0 Å². The first-order chi connectivity index (χ1) is 11.6. The number of furan rings is 1. The maximum Gasteiger partial charge on any atom is 0.287 e. The molecule has 1 aromatic carbocycles. The minimum atomic E-state index is -0.238. The van der Waals surface area contributed by atoms with Gasteiger partial charge in [0.05, 0.1) is 10.7 Å². The van der Waals surface area contributed by atoms with Crippen molar-refractivity contribution < 1.29 is 14.3 Å². The Morgan fingerprint density at radius 2 is 2.25 bits per heavy atom. The zero-order valence-corrected chi connectivity index (χ0v) is 14.3. The van der Waals surface area contributed by atoms with E-state index in [0.29, 0.717) is 12.3 Å². The van der Waals surface area contributed by atoms with E-state index in [-0.39, 0.29) is 24.3 Å². The van der Waals surface area contributed by atoms with Crippen LogP contribution in [-0.4, -0.2) is 30.1 Å². The van der Waals surface area contributed by atoms with E-state index in [1.807, 2.05) is 24.3 Å². The maximum atomic E-state index is 12.4. The van der Waals surface area contributed by atoms with Gasteiger partial charge in [-0.3, -0.25) is 4.79 Å². The third-order valence-electron chi connectivity index (χ3n) is 4.28. The van der Waals surface area contributed by atoms with Crippen molar-refractivity contribution >= 4 is 23.2 Å². The van der Waals surface area contributed by atoms with Crippen LogP contribution in [-0.2, 0) is 6.61 Å². The minimum Gasteiger partial charge on any atom is -0.453 e. The number of carbonyl (C=O) groups excluding carboxylic acids is 1. The number of hydrogen-bond donors (Lipinski definition) is 2. The van der Waals surface area contributed by atoms with Crippen molar-refractivity contribution in [1.29, 1.82) is 0 Å². The molecule has 0 bridgehead atoms. The van der Waals surface area contributed by atoms with Crippen LogP contribution in [0.2, 0.25) is 5.02 Å². The molecule has 1 unspecified atom stereocenters. The van der Waals surface area contributed by atoms with Crippen molar-refractivity contribution in [3.63, 3.8) is 0 Å². The second kappa shape index (κ2) is 7.28. The fourth-order valence-corrected chi connectivity index (χ4v) is 3.38. The minimum absolute atomic E-state index is 0.0320. The number of anilines is 1. The summed E-state index contributed by atoms with van der Waals surface area (Å²) in [5.74, 6) is 0.436. The molecule has 1 amide bonds. The van der Waals surface area contributed by atoms with Crippen LogP contribution in [0.25, 0.3) is 0 Å². The Morgan fingerprint density at radius 1 is 1.46 bits per heavy atom. The molecule has 0 saturated carbocycles. The summed E-state index contributed by atoms with van der Waals surface area (Å²) >= 11 is 6.28. The smallest absolute Gasteiger partial charge is 0.287 e. The van der Waals surface area contributed by atoms with Crippen LogP contribution >= 0.6 is 11.6 Å². The number of amides is 1. The van der Waals surface area contributed by atoms with Crippen LogP contribution in [0.1, 0.15) is 34.7 Å². The summed E-state index contributed by atoms with van der Waals surface area (Å²) < 4.78 is 5.40. The summed E-state index contributed by atoms with van der Waals surface area (Å²) in [4.78, 5) is 14.6. The largest absolute Gasteiger partial charge is 0.453 e. The van der Waals surface area contributed by atoms with E-state index in [0.717, 1.165) is 35.7 Å². The second-order valence-electron chi connectivity index (χ2n) is 6.09. The van der Waals surface area contributed by atoms with Crippen LogP contribution in [0.4, 0.5) is 5.69 Å². The van der Waals surface area contributed by atoms with E-state index in [1.165, 1.54) is 0 Å². The van der Waals surface area contributed by atoms with E-state index < -0.39 is 0 Å². The van der Waals surface area contributed by atoms with Crippen LogP contribution in [0, 0.1) is 6.92 Å². The van der Waals surface area contributed by atoms with Crippen LogP contribution in [0.5, 0.6) is 0 Å². The Labute approximate surface area is 146 Å². The molecular formula is C18H21ClN2O3. The molecule has 1 saturated heterocycles. The number of benzene rings is 1. The molecule has 5 nitrogen and oxygen atoms in total. The standard InChI is InChI=1S/C18H21ClN2O3/c1-12-9-14(11-22)24-17(12)18(23)20-13-5-4-8-21(10-13)16-7-3-2-6-15(16)19/h2-3,6-7,9,13,22H,4-5,8,10-11H2,1H3,(H,20,23). The van der Waals surface area contributed by atoms with E-state index in [1.54, 1.807) is 13.0 Å². The fourth-order valence-electron chi connectivity index (χ4n) is 3.12. The third kappa shape index (κ3) is 3.57. The molecular weight excluding hydrogens is 328 g/mol. The van der Waals surface area contributed by atoms with E-state index in [9.17, 15) is 4.79 Å². The number of rotatable bonds is 4. The Morgan fingerprint density at radius 3 is 2.96 bits per heavy atom. The van der Waals surface area contributed by atoms with Gasteiger partial charge in [0, 0.05) is 24.7 Å². The predicted octanol–water partition coefficient (Wildman–Crippen LogP) is 3.13. The lowest BCUT2D eigenvalue weighted by Gasteiger charge is -2.35. The van der Waals surface area contributed by atoms with Gasteiger partial charge in [-0.1, -0.05) is 23.7 Å². The monoisotopic (exact) mass is 348 g/mol. The van der Waals surface area contributed by atoms with Crippen molar-refractivity contribution in [3.8, 4) is 0 Å². The van der Waals surface area contributed by atoms with Crippen molar-refractivity contribution in [2.24, 2.45) is 0 Å². The summed E-state index contributed by atoms with van der Waals surface area (Å²) in [6.07, 6.45) is 1.90. The van der Waals surface area contributed by atoms with Gasteiger partial charge < -0.3 is 19.7 Å². The molecule has 1 aromatic heterocycles. The number of halogens is 1. The normalized spacial score (nSPS) is 17.8. The van der Waals surface area contributed by atoms with Crippen molar-refractivity contribution in [2.45, 2.75) is 32.4 Å². The Bertz CT molecular complexity index is 729. The number of para-hydroxylation sites is 1. The average Bonchev–Trinajstić information content (AvgIpc) is 2.97. The molecule has 2 heterocycles. The summed E-state index contributed by atoms with van der Waals surface area (Å²) in [7, 11) is 0. The number of piperidine rings is 1. The fraction of sp³-hybridized carbons (Fsp3) is 0.389. The zero-order chi connectivity index (χ0) is 17.1. The van der Waals surface area contributed by atoms with E-state index >= 15 is 0 Å². The SMILES string of the molecule is Cc1cc(CO)oc1C(=O)NC1CCCN(c2ccccc2Cl)C1. The number of hydrogen-bond acceptors (Lipinski definition) is 4. The number of nitrogens with one attached hydrogen (secondary N) is 1. The predicted molar refractivity (Wildman–Crippen MR) is 93.5 cm³/mol. The van der Waals surface area contributed by atoms with E-state index in [4.69, 9.17) is 21.1 Å². The topological polar surface area (TPSA) is 65.7 Å². The number of aryl methyl sites for hydroxylation is 1. The van der Waals surface area contributed by atoms with Gasteiger partial charge in [0.2, 0.25) is 0 Å². The van der Waals surface area contributed by atoms with Crippen molar-refractivity contribution in [2.75, 3.05) is 18.0 Å². The van der Waals surface area contributed by atoms with Gasteiger partial charge in [-0.05, 0) is 38.0 Å². The van der Waals surface area contributed by atoms with Crippen molar-refractivity contribution in [1.82, 2.24) is 5.32 Å². The quantitative estimate of drug-likeness (QED) is 0.891. The van der Waals surface area contributed by atoms with Gasteiger partial charge in [0.25, 0.3) is 5.91 Å². The molecule has 1 fully saturated rings. The molecule has 24 heavy (non-hydrogen) atoms. The second-order valence-corrected chi connectivity index (χ2v) is 6.50. The number of nitrogens with zero attached hydrogens (tertiary/aromatic N) is 1. The molecule has 2 aromatic rings. The van der Waals surface area contributed by atoms with Gasteiger partial charge in [-0.15, -0.1) is 0 Å². The summed E-state index contributed by atoms with van der Waals surface area (Å²) in [6.45, 7) is 3.22. The highest BCUT2D eigenvalue weighted by molar-refractivity contribution is 6.33. The molecule has 0 radical (unpaired) electrons. The zero-order valence-electron chi connectivity index (χ0n) is 13.6. The number of aliphatic hydroxyl groups is 1. The summed E-state index contributed by atoms with van der Waals surface area (Å²) in [5, 5.41) is 12.9. The highest BCUT2D eigenvalue weighted by Crippen LogP contribution is 2.28. The number of aliphatic hydroxyl groups excluding tert-OH is 1. The van der Waals surface area contributed by atoms with Crippen LogP contribution in [0.3, 0.4) is 0 Å². The van der Waals surface area contributed by atoms with Gasteiger partial charge in [0.15, 0.2) is 5.76 Å². The molecule has 0 aliphatic carbocycles. The lowest BCUT2D eigenvalue weighted by atomic mass is 10.0. The molecule has 1 atom stereocenters. The maximum absolute atomic E-state index is 12.4. The van der Waals surface area contributed by atoms with E-state index in [2.05, 4.69) is 10.2 Å². The number of carbonyl (C=O) groups is 1. The van der Waals surface area contributed by atoms with Crippen LogP contribution < -0.4 is 10.2 Å².